The molecule has 124 valence electrons. The van der Waals surface area contributed by atoms with E-state index in [1.165, 1.54) is 0 Å². The molecule has 8 heteroatoms. The number of fused-ring (bicyclic) bond motifs is 1. The first kappa shape index (κ1) is 15.9. The van der Waals surface area contributed by atoms with Gasteiger partial charge in [-0.05, 0) is 13.0 Å². The summed E-state index contributed by atoms with van der Waals surface area (Å²) in [5.41, 5.74) is 1.13. The number of nitrogens with zero attached hydrogens (tertiary/aromatic N) is 1. The third-order valence-electron chi connectivity index (χ3n) is 3.73. The first-order valence-corrected chi connectivity index (χ1v) is 7.80. The number of morpholine rings is 1. The lowest BCUT2D eigenvalue weighted by Gasteiger charge is -2.31. The Morgan fingerprint density at radius 2 is 2.35 bits per heavy atom. The number of hydrogen-bond acceptors (Lipinski definition) is 5. The van der Waals surface area contributed by atoms with E-state index in [0.29, 0.717) is 41.8 Å². The number of carbonyl (C=O) groups is 2. The molecule has 1 aromatic carbocycles. The number of rotatable bonds is 3. The van der Waals surface area contributed by atoms with Gasteiger partial charge in [-0.25, -0.2) is 0 Å². The average molecular weight is 340 g/mol. The number of nitrogens with one attached hydrogen (secondary N) is 2. The van der Waals surface area contributed by atoms with Crippen molar-refractivity contribution in [1.29, 1.82) is 0 Å². The molecule has 1 saturated heterocycles. The fourth-order valence-electron chi connectivity index (χ4n) is 2.56. The Morgan fingerprint density at radius 3 is 3.13 bits per heavy atom. The highest BCUT2D eigenvalue weighted by molar-refractivity contribution is 6.33. The lowest BCUT2D eigenvalue weighted by Crippen LogP contribution is -2.46. The van der Waals surface area contributed by atoms with Gasteiger partial charge < -0.3 is 25.0 Å². The van der Waals surface area contributed by atoms with E-state index in [4.69, 9.17) is 21.1 Å². The smallest absolute Gasteiger partial charge is 0.262 e. The summed E-state index contributed by atoms with van der Waals surface area (Å²) in [6.07, 6.45) is 0.0528. The van der Waals surface area contributed by atoms with Crippen LogP contribution in [-0.2, 0) is 14.3 Å². The first-order valence-electron chi connectivity index (χ1n) is 7.42. The Kier molecular flexibility index (Phi) is 4.58. The van der Waals surface area contributed by atoms with Crippen LogP contribution in [0.4, 0.5) is 11.4 Å². The van der Waals surface area contributed by atoms with Crippen LogP contribution in [0.15, 0.2) is 12.1 Å². The van der Waals surface area contributed by atoms with E-state index in [9.17, 15) is 9.59 Å². The number of carbonyl (C=O) groups excluding carboxylic acids is 2. The molecule has 1 atom stereocenters. The van der Waals surface area contributed by atoms with Gasteiger partial charge in [-0.1, -0.05) is 11.6 Å². The van der Waals surface area contributed by atoms with Gasteiger partial charge >= 0.3 is 0 Å². The number of ether oxygens (including phenoxy) is 2. The first-order chi connectivity index (χ1) is 11.0. The molecule has 0 spiro atoms. The minimum atomic E-state index is -0.217. The highest BCUT2D eigenvalue weighted by Crippen LogP contribution is 2.36. The van der Waals surface area contributed by atoms with Gasteiger partial charge in [0.25, 0.3) is 5.91 Å². The van der Waals surface area contributed by atoms with E-state index in [2.05, 4.69) is 10.6 Å². The molecule has 0 radical (unpaired) electrons. The number of halogens is 1. The van der Waals surface area contributed by atoms with Crippen molar-refractivity contribution in [3.05, 3.63) is 17.2 Å². The van der Waals surface area contributed by atoms with Crippen LogP contribution in [0.5, 0.6) is 5.75 Å². The highest BCUT2D eigenvalue weighted by atomic mass is 35.5. The van der Waals surface area contributed by atoms with Crippen molar-refractivity contribution in [1.82, 2.24) is 4.90 Å². The van der Waals surface area contributed by atoms with Crippen LogP contribution in [0.25, 0.3) is 0 Å². The van der Waals surface area contributed by atoms with Crippen molar-refractivity contribution >= 4 is 34.8 Å². The SMILES string of the molecule is C[C@H]1CN(C(=O)CNc2cc3c(cc2Cl)NC(=O)CO3)CCO1. The van der Waals surface area contributed by atoms with E-state index < -0.39 is 0 Å². The van der Waals surface area contributed by atoms with Crippen molar-refractivity contribution in [3.63, 3.8) is 0 Å². The maximum atomic E-state index is 12.2. The van der Waals surface area contributed by atoms with Gasteiger partial charge in [-0.2, -0.15) is 0 Å². The summed E-state index contributed by atoms with van der Waals surface area (Å²) in [6.45, 7) is 3.79. The highest BCUT2D eigenvalue weighted by Gasteiger charge is 2.22. The van der Waals surface area contributed by atoms with Gasteiger partial charge in [0.05, 0.1) is 35.7 Å². The van der Waals surface area contributed by atoms with Crippen molar-refractivity contribution in [2.45, 2.75) is 13.0 Å². The summed E-state index contributed by atoms with van der Waals surface area (Å²) >= 11 is 6.19. The molecule has 0 bridgehead atoms. The lowest BCUT2D eigenvalue weighted by molar-refractivity contribution is -0.136. The summed E-state index contributed by atoms with van der Waals surface area (Å²) in [5, 5.41) is 6.13. The molecule has 0 unspecified atom stereocenters. The molecule has 2 aliphatic rings. The predicted octanol–water partition coefficient (Wildman–Crippen LogP) is 1.33. The molecule has 0 aromatic heterocycles. The second-order valence-corrected chi connectivity index (χ2v) is 5.95. The summed E-state index contributed by atoms with van der Waals surface area (Å²) < 4.78 is 10.8. The third kappa shape index (κ3) is 3.68. The molecule has 2 aliphatic heterocycles. The second kappa shape index (κ2) is 6.64. The monoisotopic (exact) mass is 339 g/mol. The normalized spacial score (nSPS) is 20.3. The zero-order chi connectivity index (χ0) is 16.4. The Bertz CT molecular complexity index is 637. The molecule has 2 amide bonds. The molecule has 1 aromatic rings. The summed E-state index contributed by atoms with van der Waals surface area (Å²) in [5.74, 6) is 0.304. The Hall–Kier alpha value is -1.99. The third-order valence-corrected chi connectivity index (χ3v) is 4.04. The van der Waals surface area contributed by atoms with Crippen molar-refractivity contribution in [2.24, 2.45) is 0 Å². The van der Waals surface area contributed by atoms with Crippen LogP contribution in [-0.4, -0.2) is 55.7 Å². The predicted molar refractivity (Wildman–Crippen MR) is 86.1 cm³/mol. The molecule has 0 aliphatic carbocycles. The fraction of sp³-hybridized carbons (Fsp3) is 0.467. The molecule has 3 rings (SSSR count). The van der Waals surface area contributed by atoms with Crippen LogP contribution < -0.4 is 15.4 Å². The van der Waals surface area contributed by atoms with E-state index in [1.54, 1.807) is 17.0 Å². The largest absolute Gasteiger partial charge is 0.482 e. The summed E-state index contributed by atoms with van der Waals surface area (Å²) in [7, 11) is 0. The summed E-state index contributed by atoms with van der Waals surface area (Å²) in [6, 6.07) is 3.30. The second-order valence-electron chi connectivity index (χ2n) is 5.54. The lowest BCUT2D eigenvalue weighted by atomic mass is 10.2. The van der Waals surface area contributed by atoms with Gasteiger partial charge in [0.2, 0.25) is 5.91 Å². The topological polar surface area (TPSA) is 79.9 Å². The van der Waals surface area contributed by atoms with Crippen molar-refractivity contribution in [2.75, 3.05) is 43.5 Å². The molecule has 2 heterocycles. The summed E-state index contributed by atoms with van der Waals surface area (Å²) in [4.78, 5) is 25.3. The Labute approximate surface area is 138 Å². The standard InChI is InChI=1S/C15H18ClN3O4/c1-9-7-19(2-3-22-9)15(21)6-17-11-5-13-12(4-10(11)16)18-14(20)8-23-13/h4-5,9,17H,2-3,6-8H2,1H3,(H,18,20)/t9-/m0/s1. The van der Waals surface area contributed by atoms with Crippen LogP contribution in [0.3, 0.4) is 0 Å². The minimum absolute atomic E-state index is 0.0110. The fourth-order valence-corrected chi connectivity index (χ4v) is 2.79. The number of benzene rings is 1. The molecule has 2 N–H and O–H groups in total. The Morgan fingerprint density at radius 1 is 1.52 bits per heavy atom. The van der Waals surface area contributed by atoms with Crippen LogP contribution >= 0.6 is 11.6 Å². The van der Waals surface area contributed by atoms with Crippen LogP contribution in [0.1, 0.15) is 6.92 Å². The van der Waals surface area contributed by atoms with Crippen molar-refractivity contribution < 1.29 is 19.1 Å². The van der Waals surface area contributed by atoms with Crippen molar-refractivity contribution in [3.8, 4) is 5.75 Å². The van der Waals surface area contributed by atoms with Gasteiger partial charge in [0.1, 0.15) is 5.75 Å². The van der Waals surface area contributed by atoms with Crippen LogP contribution in [0.2, 0.25) is 5.02 Å². The van der Waals surface area contributed by atoms with Gasteiger partial charge in [0.15, 0.2) is 6.61 Å². The maximum absolute atomic E-state index is 12.2. The quantitative estimate of drug-likeness (QED) is 0.868. The zero-order valence-corrected chi connectivity index (χ0v) is 13.5. The molecule has 23 heavy (non-hydrogen) atoms. The zero-order valence-electron chi connectivity index (χ0n) is 12.7. The number of amides is 2. The van der Waals surface area contributed by atoms with E-state index in [-0.39, 0.29) is 31.1 Å². The van der Waals surface area contributed by atoms with E-state index >= 15 is 0 Å². The number of anilines is 2. The molecule has 7 nitrogen and oxygen atoms in total. The maximum Gasteiger partial charge on any atom is 0.262 e. The van der Waals surface area contributed by atoms with Gasteiger partial charge in [-0.3, -0.25) is 9.59 Å². The Balaban J connectivity index is 1.64. The molecular formula is C15H18ClN3O4. The molecule has 0 saturated carbocycles. The average Bonchev–Trinajstić information content (AvgIpc) is 2.52. The molecule has 1 fully saturated rings. The van der Waals surface area contributed by atoms with Crippen LogP contribution in [0, 0.1) is 0 Å². The molecular weight excluding hydrogens is 322 g/mol. The van der Waals surface area contributed by atoms with Gasteiger partial charge in [0, 0.05) is 19.2 Å². The van der Waals surface area contributed by atoms with E-state index in [0.717, 1.165) is 0 Å². The van der Waals surface area contributed by atoms with Gasteiger partial charge in [-0.15, -0.1) is 0 Å². The minimum Gasteiger partial charge on any atom is -0.482 e. The number of hydrogen-bond donors (Lipinski definition) is 2. The van der Waals surface area contributed by atoms with E-state index in [1.807, 2.05) is 6.92 Å².